The normalized spacial score (nSPS) is 12.7. The van der Waals surface area contributed by atoms with Gasteiger partial charge >= 0.3 is 0 Å². The zero-order chi connectivity index (χ0) is 15.7. The SMILES string of the molecule is CCC(N)c1nc2cc(C)ccc2n1Cc1ccccc1C. The molecule has 114 valence electrons. The van der Waals surface area contributed by atoms with E-state index in [4.69, 9.17) is 10.7 Å². The molecule has 3 aromatic rings. The smallest absolute Gasteiger partial charge is 0.127 e. The van der Waals surface area contributed by atoms with Crippen molar-refractivity contribution < 1.29 is 0 Å². The number of hydrogen-bond acceptors (Lipinski definition) is 2. The van der Waals surface area contributed by atoms with Crippen molar-refractivity contribution in [3.8, 4) is 0 Å². The number of hydrogen-bond donors (Lipinski definition) is 1. The van der Waals surface area contributed by atoms with Crippen LogP contribution in [0.4, 0.5) is 0 Å². The van der Waals surface area contributed by atoms with Gasteiger partial charge in [-0.3, -0.25) is 0 Å². The highest BCUT2D eigenvalue weighted by Crippen LogP contribution is 2.24. The fraction of sp³-hybridized carbons (Fsp3) is 0.316. The van der Waals surface area contributed by atoms with Crippen molar-refractivity contribution in [1.29, 1.82) is 0 Å². The summed E-state index contributed by atoms with van der Waals surface area (Å²) in [6.07, 6.45) is 0.885. The second-order valence-corrected chi connectivity index (χ2v) is 5.99. The molecule has 0 spiro atoms. The number of nitrogens with zero attached hydrogens (tertiary/aromatic N) is 2. The maximum atomic E-state index is 6.31. The van der Waals surface area contributed by atoms with E-state index in [1.54, 1.807) is 0 Å². The van der Waals surface area contributed by atoms with Crippen LogP contribution >= 0.6 is 0 Å². The van der Waals surface area contributed by atoms with E-state index >= 15 is 0 Å². The van der Waals surface area contributed by atoms with Crippen molar-refractivity contribution in [1.82, 2.24) is 9.55 Å². The van der Waals surface area contributed by atoms with E-state index < -0.39 is 0 Å². The first-order valence-electron chi connectivity index (χ1n) is 7.87. The van der Waals surface area contributed by atoms with Gasteiger partial charge in [-0.1, -0.05) is 37.3 Å². The Bertz CT molecular complexity index is 802. The number of aryl methyl sites for hydroxylation is 2. The van der Waals surface area contributed by atoms with E-state index in [9.17, 15) is 0 Å². The summed E-state index contributed by atoms with van der Waals surface area (Å²) >= 11 is 0. The Morgan fingerprint density at radius 3 is 2.64 bits per heavy atom. The zero-order valence-electron chi connectivity index (χ0n) is 13.5. The average Bonchev–Trinajstić information content (AvgIpc) is 2.86. The van der Waals surface area contributed by atoms with Crippen LogP contribution in [0.5, 0.6) is 0 Å². The summed E-state index contributed by atoms with van der Waals surface area (Å²) in [5, 5.41) is 0. The minimum Gasteiger partial charge on any atom is -0.322 e. The Balaban J connectivity index is 2.15. The van der Waals surface area contributed by atoms with E-state index in [1.807, 2.05) is 0 Å². The van der Waals surface area contributed by atoms with E-state index in [1.165, 1.54) is 16.7 Å². The molecule has 2 aromatic carbocycles. The molecule has 3 nitrogen and oxygen atoms in total. The first-order valence-corrected chi connectivity index (χ1v) is 7.87. The molecule has 0 saturated carbocycles. The van der Waals surface area contributed by atoms with Gasteiger partial charge in [-0.15, -0.1) is 0 Å². The molecule has 0 radical (unpaired) electrons. The van der Waals surface area contributed by atoms with Crippen LogP contribution in [0.2, 0.25) is 0 Å². The first-order chi connectivity index (χ1) is 10.6. The topological polar surface area (TPSA) is 43.8 Å². The van der Waals surface area contributed by atoms with Gasteiger partial charge in [-0.2, -0.15) is 0 Å². The number of imidazole rings is 1. The van der Waals surface area contributed by atoms with Crippen molar-refractivity contribution in [3.63, 3.8) is 0 Å². The van der Waals surface area contributed by atoms with Gasteiger partial charge in [-0.05, 0) is 49.1 Å². The Hall–Kier alpha value is -2.13. The highest BCUT2D eigenvalue weighted by Gasteiger charge is 2.16. The van der Waals surface area contributed by atoms with Crippen LogP contribution in [0.25, 0.3) is 11.0 Å². The van der Waals surface area contributed by atoms with Gasteiger partial charge in [0.15, 0.2) is 0 Å². The Kier molecular flexibility index (Phi) is 3.99. The lowest BCUT2D eigenvalue weighted by atomic mass is 10.1. The van der Waals surface area contributed by atoms with Gasteiger partial charge in [0.05, 0.1) is 17.1 Å². The molecule has 0 fully saturated rings. The molecule has 3 heteroatoms. The predicted molar refractivity (Wildman–Crippen MR) is 92.0 cm³/mol. The molecule has 0 bridgehead atoms. The molecule has 22 heavy (non-hydrogen) atoms. The molecule has 1 heterocycles. The van der Waals surface area contributed by atoms with E-state index in [0.29, 0.717) is 0 Å². The molecular weight excluding hydrogens is 270 g/mol. The maximum Gasteiger partial charge on any atom is 0.127 e. The first kappa shape index (κ1) is 14.8. The van der Waals surface area contributed by atoms with Crippen LogP contribution in [0.1, 0.15) is 41.9 Å². The highest BCUT2D eigenvalue weighted by molar-refractivity contribution is 5.77. The molecule has 1 unspecified atom stereocenters. The van der Waals surface area contributed by atoms with Gasteiger partial charge in [0.25, 0.3) is 0 Å². The minimum atomic E-state index is -0.0308. The number of nitrogens with two attached hydrogens (primary N) is 1. The third-order valence-corrected chi connectivity index (χ3v) is 4.29. The third kappa shape index (κ3) is 2.64. The summed E-state index contributed by atoms with van der Waals surface area (Å²) in [6.45, 7) is 7.17. The monoisotopic (exact) mass is 293 g/mol. The highest BCUT2D eigenvalue weighted by atomic mass is 15.1. The molecule has 2 N–H and O–H groups in total. The summed E-state index contributed by atoms with van der Waals surface area (Å²) in [6, 6.07) is 14.9. The van der Waals surface area contributed by atoms with Gasteiger partial charge in [0, 0.05) is 6.54 Å². The van der Waals surface area contributed by atoms with E-state index in [2.05, 4.69) is 67.8 Å². The predicted octanol–water partition coefficient (Wildman–Crippen LogP) is 4.11. The average molecular weight is 293 g/mol. The van der Waals surface area contributed by atoms with Crippen molar-refractivity contribution >= 4 is 11.0 Å². The number of benzene rings is 2. The second kappa shape index (κ2) is 5.93. The molecule has 0 amide bonds. The van der Waals surface area contributed by atoms with Crippen molar-refractivity contribution in [3.05, 3.63) is 65.0 Å². The summed E-state index contributed by atoms with van der Waals surface area (Å²) in [5.74, 6) is 0.978. The van der Waals surface area contributed by atoms with Crippen LogP contribution in [0.3, 0.4) is 0 Å². The largest absolute Gasteiger partial charge is 0.322 e. The van der Waals surface area contributed by atoms with Gasteiger partial charge in [0.1, 0.15) is 5.82 Å². The molecule has 0 saturated heterocycles. The fourth-order valence-electron chi connectivity index (χ4n) is 2.85. The van der Waals surface area contributed by atoms with Crippen molar-refractivity contribution in [2.75, 3.05) is 0 Å². The number of rotatable bonds is 4. The lowest BCUT2D eigenvalue weighted by Crippen LogP contribution is -2.16. The second-order valence-electron chi connectivity index (χ2n) is 5.99. The van der Waals surface area contributed by atoms with Gasteiger partial charge < -0.3 is 10.3 Å². The van der Waals surface area contributed by atoms with Crippen LogP contribution in [0.15, 0.2) is 42.5 Å². The van der Waals surface area contributed by atoms with Crippen LogP contribution in [-0.4, -0.2) is 9.55 Å². The molecule has 0 aliphatic rings. The number of aromatic nitrogens is 2. The standard InChI is InChI=1S/C19H23N3/c1-4-16(20)19-21-17-11-13(2)9-10-18(17)22(19)12-15-8-6-5-7-14(15)3/h5-11,16H,4,12,20H2,1-3H3. The van der Waals surface area contributed by atoms with E-state index in [0.717, 1.165) is 29.8 Å². The molecular formula is C19H23N3. The van der Waals surface area contributed by atoms with Crippen molar-refractivity contribution in [2.24, 2.45) is 5.73 Å². The number of fused-ring (bicyclic) bond motifs is 1. The summed E-state index contributed by atoms with van der Waals surface area (Å²) in [7, 11) is 0. The molecule has 3 rings (SSSR count). The zero-order valence-corrected chi connectivity index (χ0v) is 13.5. The molecule has 0 aliphatic heterocycles. The maximum absolute atomic E-state index is 6.31. The lowest BCUT2D eigenvalue weighted by Gasteiger charge is -2.14. The molecule has 0 aliphatic carbocycles. The van der Waals surface area contributed by atoms with Crippen molar-refractivity contribution in [2.45, 2.75) is 39.8 Å². The minimum absolute atomic E-state index is 0.0308. The summed E-state index contributed by atoms with van der Waals surface area (Å²) in [4.78, 5) is 4.81. The lowest BCUT2D eigenvalue weighted by molar-refractivity contribution is 0.605. The van der Waals surface area contributed by atoms with Gasteiger partial charge in [-0.25, -0.2) is 4.98 Å². The van der Waals surface area contributed by atoms with Gasteiger partial charge in [0.2, 0.25) is 0 Å². The summed E-state index contributed by atoms with van der Waals surface area (Å²) in [5.41, 5.74) is 12.3. The quantitative estimate of drug-likeness (QED) is 0.786. The Morgan fingerprint density at radius 1 is 1.14 bits per heavy atom. The van der Waals surface area contributed by atoms with Crippen LogP contribution in [0, 0.1) is 13.8 Å². The Labute approximate surface area is 131 Å². The van der Waals surface area contributed by atoms with Crippen LogP contribution in [-0.2, 0) is 6.54 Å². The molecule has 1 aromatic heterocycles. The third-order valence-electron chi connectivity index (χ3n) is 4.29. The van der Waals surface area contributed by atoms with E-state index in [-0.39, 0.29) is 6.04 Å². The van der Waals surface area contributed by atoms with Crippen LogP contribution < -0.4 is 5.73 Å². The Morgan fingerprint density at radius 2 is 1.91 bits per heavy atom. The molecule has 1 atom stereocenters. The fourth-order valence-corrected chi connectivity index (χ4v) is 2.85. The summed E-state index contributed by atoms with van der Waals surface area (Å²) < 4.78 is 2.27.